The molecular formula is C22H23FN2O3. The number of nitrogens with zero attached hydrogens (tertiary/aromatic N) is 2. The van der Waals surface area contributed by atoms with Gasteiger partial charge >= 0.3 is 5.63 Å². The fourth-order valence-electron chi connectivity index (χ4n) is 3.83. The van der Waals surface area contributed by atoms with E-state index >= 15 is 0 Å². The summed E-state index contributed by atoms with van der Waals surface area (Å²) >= 11 is 0. The van der Waals surface area contributed by atoms with Gasteiger partial charge in [-0.3, -0.25) is 4.90 Å². The lowest BCUT2D eigenvalue weighted by Crippen LogP contribution is -2.30. The van der Waals surface area contributed by atoms with Gasteiger partial charge in [0, 0.05) is 55.4 Å². The molecule has 1 aromatic heterocycles. The fraction of sp³-hybridized carbons (Fsp3) is 0.318. The minimum atomic E-state index is -0.404. The van der Waals surface area contributed by atoms with Gasteiger partial charge in [-0.05, 0) is 55.3 Å². The number of aryl methyl sites for hydroxylation is 1. The van der Waals surface area contributed by atoms with Crippen LogP contribution in [0.2, 0.25) is 0 Å². The van der Waals surface area contributed by atoms with Gasteiger partial charge in [-0.15, -0.1) is 0 Å². The van der Waals surface area contributed by atoms with Crippen LogP contribution >= 0.6 is 0 Å². The van der Waals surface area contributed by atoms with Crippen LogP contribution in [-0.4, -0.2) is 36.2 Å². The van der Waals surface area contributed by atoms with Crippen molar-refractivity contribution in [2.45, 2.75) is 19.9 Å². The summed E-state index contributed by atoms with van der Waals surface area (Å²) in [5.41, 5.74) is 2.56. The molecule has 2 heterocycles. The molecule has 5 nitrogen and oxygen atoms in total. The Balaban J connectivity index is 1.54. The minimum absolute atomic E-state index is 0.123. The maximum absolute atomic E-state index is 13.2. The highest BCUT2D eigenvalue weighted by Gasteiger charge is 2.18. The number of phenols is 1. The molecule has 0 unspecified atom stereocenters. The van der Waals surface area contributed by atoms with Crippen molar-refractivity contribution in [3.8, 4) is 5.75 Å². The predicted octanol–water partition coefficient (Wildman–Crippen LogP) is 3.66. The fourth-order valence-corrected chi connectivity index (χ4v) is 3.83. The molecule has 0 atom stereocenters. The Morgan fingerprint density at radius 2 is 1.86 bits per heavy atom. The molecule has 1 aliphatic heterocycles. The average molecular weight is 382 g/mol. The molecule has 0 spiro atoms. The van der Waals surface area contributed by atoms with Gasteiger partial charge in [0.25, 0.3) is 0 Å². The Morgan fingerprint density at radius 1 is 1.07 bits per heavy atom. The van der Waals surface area contributed by atoms with E-state index in [1.54, 1.807) is 25.1 Å². The van der Waals surface area contributed by atoms with E-state index in [0.29, 0.717) is 17.7 Å². The Kier molecular flexibility index (Phi) is 5.05. The molecule has 146 valence electrons. The van der Waals surface area contributed by atoms with E-state index in [1.807, 2.05) is 12.1 Å². The van der Waals surface area contributed by atoms with Gasteiger partial charge in [0.05, 0.1) is 0 Å². The van der Waals surface area contributed by atoms with Crippen molar-refractivity contribution < 1.29 is 13.9 Å². The van der Waals surface area contributed by atoms with Gasteiger partial charge in [0.15, 0.2) is 0 Å². The highest BCUT2D eigenvalue weighted by Crippen LogP contribution is 2.28. The van der Waals surface area contributed by atoms with E-state index in [0.717, 1.165) is 49.2 Å². The number of rotatable bonds is 3. The molecule has 1 fully saturated rings. The summed E-state index contributed by atoms with van der Waals surface area (Å²) in [6.45, 7) is 5.89. The largest absolute Gasteiger partial charge is 0.508 e. The molecule has 6 heteroatoms. The minimum Gasteiger partial charge on any atom is -0.508 e. The lowest BCUT2D eigenvalue weighted by Gasteiger charge is -2.24. The van der Waals surface area contributed by atoms with Gasteiger partial charge in [0.2, 0.25) is 0 Å². The number of anilines is 1. The Bertz CT molecular complexity index is 1050. The number of fused-ring (bicyclic) bond motifs is 1. The average Bonchev–Trinajstić information content (AvgIpc) is 2.91. The Hall–Kier alpha value is -2.86. The number of halogens is 1. The van der Waals surface area contributed by atoms with Crippen molar-refractivity contribution in [2.75, 3.05) is 31.1 Å². The van der Waals surface area contributed by atoms with E-state index in [2.05, 4.69) is 9.80 Å². The van der Waals surface area contributed by atoms with Crippen LogP contribution in [0.5, 0.6) is 5.75 Å². The number of phenolic OH excluding ortho intramolecular Hbond substituents is 1. The second-order valence-corrected chi connectivity index (χ2v) is 7.27. The third-order valence-corrected chi connectivity index (χ3v) is 5.39. The van der Waals surface area contributed by atoms with E-state index in [-0.39, 0.29) is 11.6 Å². The first kappa shape index (κ1) is 18.5. The third-order valence-electron chi connectivity index (χ3n) is 5.39. The summed E-state index contributed by atoms with van der Waals surface area (Å²) in [6.07, 6.45) is 0.983. The van der Waals surface area contributed by atoms with Crippen LogP contribution in [-0.2, 0) is 6.54 Å². The summed E-state index contributed by atoms with van der Waals surface area (Å²) in [6, 6.07) is 11.6. The summed E-state index contributed by atoms with van der Waals surface area (Å²) < 4.78 is 18.5. The van der Waals surface area contributed by atoms with Gasteiger partial charge < -0.3 is 14.4 Å². The van der Waals surface area contributed by atoms with E-state index in [9.17, 15) is 14.3 Å². The zero-order valence-corrected chi connectivity index (χ0v) is 15.8. The second kappa shape index (κ2) is 7.64. The van der Waals surface area contributed by atoms with Crippen LogP contribution < -0.4 is 10.5 Å². The Morgan fingerprint density at radius 3 is 2.64 bits per heavy atom. The molecule has 2 aromatic carbocycles. The zero-order chi connectivity index (χ0) is 19.7. The summed E-state index contributed by atoms with van der Waals surface area (Å²) in [7, 11) is 0. The molecule has 1 aliphatic rings. The molecule has 0 saturated carbocycles. The van der Waals surface area contributed by atoms with Crippen LogP contribution in [0.4, 0.5) is 10.1 Å². The highest BCUT2D eigenvalue weighted by atomic mass is 19.1. The van der Waals surface area contributed by atoms with Gasteiger partial charge in [0.1, 0.15) is 17.1 Å². The van der Waals surface area contributed by atoms with Crippen molar-refractivity contribution in [3.63, 3.8) is 0 Å². The van der Waals surface area contributed by atoms with Crippen molar-refractivity contribution in [1.82, 2.24) is 4.90 Å². The smallest absolute Gasteiger partial charge is 0.336 e. The van der Waals surface area contributed by atoms with Crippen molar-refractivity contribution in [2.24, 2.45) is 0 Å². The maximum atomic E-state index is 13.2. The topological polar surface area (TPSA) is 56.9 Å². The first-order chi connectivity index (χ1) is 13.5. The molecule has 0 radical (unpaired) electrons. The monoisotopic (exact) mass is 382 g/mol. The van der Waals surface area contributed by atoms with Crippen molar-refractivity contribution in [1.29, 1.82) is 0 Å². The van der Waals surface area contributed by atoms with E-state index in [1.165, 1.54) is 12.1 Å². The zero-order valence-electron chi connectivity index (χ0n) is 15.8. The lowest BCUT2D eigenvalue weighted by atomic mass is 10.1. The van der Waals surface area contributed by atoms with Crippen molar-refractivity contribution >= 4 is 16.7 Å². The van der Waals surface area contributed by atoms with Crippen LogP contribution in [0.25, 0.3) is 11.0 Å². The van der Waals surface area contributed by atoms with Gasteiger partial charge in [-0.2, -0.15) is 0 Å². The molecule has 0 amide bonds. The van der Waals surface area contributed by atoms with Crippen molar-refractivity contribution in [3.05, 3.63) is 69.8 Å². The van der Waals surface area contributed by atoms with Gasteiger partial charge in [-0.25, -0.2) is 9.18 Å². The molecule has 1 saturated heterocycles. The molecule has 3 aromatic rings. The molecule has 0 aliphatic carbocycles. The number of hydrogen-bond acceptors (Lipinski definition) is 5. The standard InChI is InChI=1S/C22H23FN2O3/c1-15-20(26)8-7-19-16(13-21(27)28-22(15)19)14-24-9-2-10-25(12-11-24)18-5-3-17(23)4-6-18/h3-8,13,26H,2,9-12,14H2,1H3. The van der Waals surface area contributed by atoms with Gasteiger partial charge in [-0.1, -0.05) is 0 Å². The highest BCUT2D eigenvalue weighted by molar-refractivity contribution is 5.84. The summed E-state index contributed by atoms with van der Waals surface area (Å²) in [5.74, 6) is -0.103. The second-order valence-electron chi connectivity index (χ2n) is 7.27. The SMILES string of the molecule is Cc1c(O)ccc2c(CN3CCCN(c4ccc(F)cc4)CC3)cc(=O)oc12. The van der Waals surface area contributed by atoms with Crippen LogP contribution in [0, 0.1) is 12.7 Å². The molecular weight excluding hydrogens is 359 g/mol. The quantitative estimate of drug-likeness (QED) is 0.701. The molecule has 0 bridgehead atoms. The maximum Gasteiger partial charge on any atom is 0.336 e. The summed E-state index contributed by atoms with van der Waals surface area (Å²) in [5, 5.41) is 10.8. The Labute approximate surface area is 162 Å². The van der Waals surface area contributed by atoms with E-state index < -0.39 is 5.63 Å². The molecule has 1 N–H and O–H groups in total. The number of hydrogen-bond donors (Lipinski definition) is 1. The summed E-state index contributed by atoms with van der Waals surface area (Å²) in [4.78, 5) is 16.6. The molecule has 28 heavy (non-hydrogen) atoms. The third kappa shape index (κ3) is 3.73. The first-order valence-corrected chi connectivity index (χ1v) is 9.49. The van der Waals surface area contributed by atoms with Crippen LogP contribution in [0.3, 0.4) is 0 Å². The molecule has 4 rings (SSSR count). The van der Waals surface area contributed by atoms with Crippen LogP contribution in [0.1, 0.15) is 17.5 Å². The van der Waals surface area contributed by atoms with Crippen LogP contribution in [0.15, 0.2) is 51.7 Å². The lowest BCUT2D eigenvalue weighted by molar-refractivity contribution is 0.286. The number of benzene rings is 2. The number of aromatic hydroxyl groups is 1. The van der Waals surface area contributed by atoms with E-state index in [4.69, 9.17) is 4.42 Å². The normalized spacial score (nSPS) is 15.7. The predicted molar refractivity (Wildman–Crippen MR) is 107 cm³/mol. The first-order valence-electron chi connectivity index (χ1n) is 9.49.